The molecule has 1 saturated carbocycles. The van der Waals surface area contributed by atoms with Crippen LogP contribution in [0.4, 0.5) is 0 Å². The monoisotopic (exact) mass is 178 g/mol. The predicted octanol–water partition coefficient (Wildman–Crippen LogP) is 1.81. The Morgan fingerprint density at radius 1 is 1.23 bits per heavy atom. The highest BCUT2D eigenvalue weighted by molar-refractivity contribution is 6.12. The van der Waals surface area contributed by atoms with Gasteiger partial charge in [0.25, 0.3) is 0 Å². The molecule has 0 saturated heterocycles. The van der Waals surface area contributed by atoms with Crippen molar-refractivity contribution in [2.45, 2.75) is 18.7 Å². The van der Waals surface area contributed by atoms with Crippen LogP contribution in [0.3, 0.4) is 0 Å². The molecule has 1 aliphatic carbocycles. The molecule has 0 unspecified atom stereocenters. The number of nitrogens with zero attached hydrogens (tertiary/aromatic N) is 6. The van der Waals surface area contributed by atoms with Crippen LogP contribution in [0, 0.1) is 5.41 Å². The largest absolute Gasteiger partial charge is 0.105 e. The average Bonchev–Trinajstić information content (AvgIpc) is 2.08. The smallest absolute Gasteiger partial charge is 0.0934 e. The zero-order valence-electron chi connectivity index (χ0n) is 7.59. The van der Waals surface area contributed by atoms with E-state index < -0.39 is 0 Å². The lowest BCUT2D eigenvalue weighted by atomic mass is 9.55. The van der Waals surface area contributed by atoms with Crippen LogP contribution in [-0.4, -0.2) is 20.9 Å². The van der Waals surface area contributed by atoms with E-state index in [0.717, 1.165) is 12.8 Å². The van der Waals surface area contributed by atoms with Crippen molar-refractivity contribution in [3.8, 4) is 0 Å². The number of azide groups is 2. The second-order valence-corrected chi connectivity index (χ2v) is 3.79. The summed E-state index contributed by atoms with van der Waals surface area (Å²) in [5.74, 6) is 0.655. The summed E-state index contributed by atoms with van der Waals surface area (Å²) < 4.78 is 0. The number of hydrogen-bond acceptors (Lipinski definition) is 2. The summed E-state index contributed by atoms with van der Waals surface area (Å²) in [5.41, 5.74) is 16.3. The molecule has 7 heteroatoms. The molecular formula is C6H11BN6. The molecule has 1 rings (SSSR count). The van der Waals surface area contributed by atoms with Crippen LogP contribution in [0.5, 0.6) is 0 Å². The van der Waals surface area contributed by atoms with Crippen LogP contribution in [-0.2, 0) is 0 Å². The van der Waals surface area contributed by atoms with Crippen molar-refractivity contribution in [3.63, 3.8) is 0 Å². The Morgan fingerprint density at radius 2 is 1.69 bits per heavy atom. The van der Waals surface area contributed by atoms with Gasteiger partial charge in [0.15, 0.2) is 0 Å². The maximum Gasteiger partial charge on any atom is 0.105 e. The Bertz CT molecular complexity index is 249. The summed E-state index contributed by atoms with van der Waals surface area (Å²) in [6.07, 6.45) is 1.98. The van der Waals surface area contributed by atoms with Gasteiger partial charge in [-0.05, 0) is 16.5 Å². The Hall–Kier alpha value is -1.32. The predicted molar refractivity (Wildman–Crippen MR) is 52.0 cm³/mol. The third-order valence-corrected chi connectivity index (χ3v) is 2.50. The summed E-state index contributed by atoms with van der Waals surface area (Å²) in [7, 11) is 2.14. The van der Waals surface area contributed by atoms with E-state index in [1.54, 1.807) is 0 Å². The van der Waals surface area contributed by atoms with E-state index in [9.17, 15) is 0 Å². The third kappa shape index (κ3) is 2.31. The molecule has 6 nitrogen and oxygen atoms in total. The number of hydrogen-bond donors (Lipinski definition) is 0. The molecule has 0 N–H and O–H groups in total. The van der Waals surface area contributed by atoms with Gasteiger partial charge in [0, 0.05) is 22.9 Å². The molecule has 0 amide bonds. The minimum Gasteiger partial charge on any atom is -0.0934 e. The van der Waals surface area contributed by atoms with Crippen LogP contribution in [0.25, 0.3) is 20.9 Å². The van der Waals surface area contributed by atoms with Gasteiger partial charge in [-0.25, -0.2) is 0 Å². The van der Waals surface area contributed by atoms with Crippen LogP contribution >= 0.6 is 0 Å². The number of rotatable bonds is 4. The van der Waals surface area contributed by atoms with Crippen LogP contribution in [0.2, 0.25) is 5.82 Å². The summed E-state index contributed by atoms with van der Waals surface area (Å²) in [5, 5.41) is 7.10. The lowest BCUT2D eigenvalue weighted by Gasteiger charge is -2.45. The fourth-order valence-corrected chi connectivity index (χ4v) is 2.09. The Kier molecular flexibility index (Phi) is 3.06. The maximum absolute atomic E-state index is 8.20. The molecule has 1 aliphatic rings. The summed E-state index contributed by atoms with van der Waals surface area (Å²) in [4.78, 5) is 5.45. The van der Waals surface area contributed by atoms with Gasteiger partial charge in [-0.15, -0.1) is 0 Å². The third-order valence-electron chi connectivity index (χ3n) is 2.50. The standard InChI is InChI=1S/C6H11BN6/c7-5-1-6(2-5,3-10-12-8)4-11-13-9/h5H,1-4,7H2. The fourth-order valence-electron chi connectivity index (χ4n) is 2.09. The molecule has 0 aromatic carbocycles. The van der Waals surface area contributed by atoms with E-state index in [1.165, 1.54) is 0 Å². The zero-order valence-corrected chi connectivity index (χ0v) is 7.59. The lowest BCUT2D eigenvalue weighted by Crippen LogP contribution is -2.39. The van der Waals surface area contributed by atoms with Gasteiger partial charge in [0.2, 0.25) is 0 Å². The fraction of sp³-hybridized carbons (Fsp3) is 1.00. The van der Waals surface area contributed by atoms with E-state index in [-0.39, 0.29) is 5.41 Å². The molecule has 0 bridgehead atoms. The quantitative estimate of drug-likeness (QED) is 0.271. The van der Waals surface area contributed by atoms with Gasteiger partial charge in [-0.3, -0.25) is 0 Å². The van der Waals surface area contributed by atoms with Crippen molar-refractivity contribution in [2.75, 3.05) is 13.1 Å². The highest BCUT2D eigenvalue weighted by atomic mass is 15.2. The van der Waals surface area contributed by atoms with Gasteiger partial charge >= 0.3 is 0 Å². The molecule has 0 atom stereocenters. The average molecular weight is 178 g/mol. The Balaban J connectivity index is 2.54. The first-order valence-electron chi connectivity index (χ1n) is 4.24. The SMILES string of the molecule is BC1CC(CN=[N+]=[N-])(CN=[N+]=[N-])C1. The lowest BCUT2D eigenvalue weighted by molar-refractivity contribution is 0.158. The minimum absolute atomic E-state index is 0.0438. The summed E-state index contributed by atoms with van der Waals surface area (Å²) >= 11 is 0. The van der Waals surface area contributed by atoms with Crippen molar-refractivity contribution < 1.29 is 0 Å². The van der Waals surface area contributed by atoms with Crippen molar-refractivity contribution in [2.24, 2.45) is 15.6 Å². The van der Waals surface area contributed by atoms with Crippen LogP contribution < -0.4 is 0 Å². The van der Waals surface area contributed by atoms with Gasteiger partial charge in [0.1, 0.15) is 7.85 Å². The molecule has 0 aromatic rings. The zero-order chi connectivity index (χ0) is 9.73. The van der Waals surface area contributed by atoms with Crippen molar-refractivity contribution >= 4 is 7.85 Å². The van der Waals surface area contributed by atoms with E-state index in [2.05, 4.69) is 27.9 Å². The van der Waals surface area contributed by atoms with E-state index in [1.807, 2.05) is 0 Å². The van der Waals surface area contributed by atoms with Crippen LogP contribution in [0.15, 0.2) is 10.2 Å². The Morgan fingerprint density at radius 3 is 2.00 bits per heavy atom. The van der Waals surface area contributed by atoms with Gasteiger partial charge in [0.05, 0.1) is 0 Å². The highest BCUT2D eigenvalue weighted by Crippen LogP contribution is 2.48. The minimum atomic E-state index is -0.0438. The normalized spacial score (nSPS) is 30.9. The first-order valence-corrected chi connectivity index (χ1v) is 4.24. The summed E-state index contributed by atoms with van der Waals surface area (Å²) in [6, 6.07) is 0. The first kappa shape index (κ1) is 9.77. The molecule has 0 aromatic heterocycles. The topological polar surface area (TPSA) is 97.5 Å². The summed E-state index contributed by atoms with van der Waals surface area (Å²) in [6.45, 7) is 0.902. The van der Waals surface area contributed by atoms with Crippen molar-refractivity contribution in [1.29, 1.82) is 0 Å². The molecule has 13 heavy (non-hydrogen) atoms. The van der Waals surface area contributed by atoms with Crippen molar-refractivity contribution in [1.82, 2.24) is 0 Å². The second kappa shape index (κ2) is 4.07. The van der Waals surface area contributed by atoms with Crippen molar-refractivity contribution in [3.05, 3.63) is 20.9 Å². The van der Waals surface area contributed by atoms with Crippen LogP contribution in [0.1, 0.15) is 12.8 Å². The molecule has 0 heterocycles. The molecular weight excluding hydrogens is 167 g/mol. The van der Waals surface area contributed by atoms with Gasteiger partial charge in [-0.1, -0.05) is 28.9 Å². The molecule has 0 spiro atoms. The first-order chi connectivity index (χ1) is 6.22. The molecule has 68 valence electrons. The maximum atomic E-state index is 8.20. The van der Waals surface area contributed by atoms with E-state index >= 15 is 0 Å². The van der Waals surface area contributed by atoms with E-state index in [0.29, 0.717) is 18.9 Å². The van der Waals surface area contributed by atoms with E-state index in [4.69, 9.17) is 11.1 Å². The highest BCUT2D eigenvalue weighted by Gasteiger charge is 2.40. The molecule has 0 radical (unpaired) electrons. The van der Waals surface area contributed by atoms with Gasteiger partial charge < -0.3 is 0 Å². The van der Waals surface area contributed by atoms with Gasteiger partial charge in [-0.2, -0.15) is 0 Å². The second-order valence-electron chi connectivity index (χ2n) is 3.79. The molecule has 0 aliphatic heterocycles. The molecule has 1 fully saturated rings. The Labute approximate surface area is 77.0 Å².